The summed E-state index contributed by atoms with van der Waals surface area (Å²) in [4.78, 5) is 24.5. The number of nitrogens with one attached hydrogen (secondary N) is 1. The number of aliphatic hydroxyl groups is 2. The van der Waals surface area contributed by atoms with E-state index in [1.54, 1.807) is 0 Å². The normalized spacial score (nSPS) is 12.6. The highest BCUT2D eigenvalue weighted by Crippen LogP contribution is 2.19. The molecule has 0 radical (unpaired) electrons. The topological polar surface area (TPSA) is 95.9 Å². The van der Waals surface area contributed by atoms with E-state index in [0.717, 1.165) is 44.9 Å². The Bertz CT molecular complexity index is 1080. The lowest BCUT2D eigenvalue weighted by atomic mass is 10.0. The molecule has 428 valence electrons. The highest BCUT2D eigenvalue weighted by molar-refractivity contribution is 5.76. The van der Waals surface area contributed by atoms with Crippen LogP contribution < -0.4 is 5.32 Å². The average Bonchev–Trinajstić information content (AvgIpc) is 3.38. The van der Waals surface area contributed by atoms with Crippen molar-refractivity contribution in [2.45, 2.75) is 386 Å². The van der Waals surface area contributed by atoms with Crippen LogP contribution >= 0.6 is 0 Å². The van der Waals surface area contributed by atoms with Crippen LogP contribution in [0.1, 0.15) is 373 Å². The Morgan fingerprint density at radius 3 is 0.986 bits per heavy atom. The van der Waals surface area contributed by atoms with E-state index in [-0.39, 0.29) is 18.5 Å². The van der Waals surface area contributed by atoms with Gasteiger partial charge in [-0.3, -0.25) is 9.59 Å². The quantitative estimate of drug-likeness (QED) is 0.0320. The minimum atomic E-state index is -0.660. The summed E-state index contributed by atoms with van der Waals surface area (Å²) in [6.45, 7) is 4.97. The van der Waals surface area contributed by atoms with Crippen molar-refractivity contribution in [3.05, 3.63) is 12.2 Å². The van der Waals surface area contributed by atoms with Gasteiger partial charge in [0, 0.05) is 12.8 Å². The van der Waals surface area contributed by atoms with Gasteiger partial charge in [-0.25, -0.2) is 0 Å². The maximum Gasteiger partial charge on any atom is 0.305 e. The Hall–Kier alpha value is -1.40. The second-order valence-electron chi connectivity index (χ2n) is 22.8. The number of ether oxygens (including phenoxy) is 1. The Kier molecular flexibility index (Phi) is 60.9. The molecule has 3 N–H and O–H groups in total. The predicted octanol–water partition coefficient (Wildman–Crippen LogP) is 20.8. The van der Waals surface area contributed by atoms with Gasteiger partial charge in [-0.2, -0.15) is 0 Å². The Balaban J connectivity index is 3.32. The van der Waals surface area contributed by atoms with Crippen LogP contribution in [-0.2, 0) is 14.3 Å². The highest BCUT2D eigenvalue weighted by atomic mass is 16.5. The maximum atomic E-state index is 12.5. The van der Waals surface area contributed by atoms with Crippen LogP contribution in [0.2, 0.25) is 0 Å². The van der Waals surface area contributed by atoms with Crippen molar-refractivity contribution in [3.8, 4) is 0 Å². The van der Waals surface area contributed by atoms with Crippen molar-refractivity contribution in [2.24, 2.45) is 0 Å². The molecule has 0 rings (SSSR count). The van der Waals surface area contributed by atoms with Gasteiger partial charge in [-0.1, -0.05) is 321 Å². The first-order chi connectivity index (χ1) is 35.5. The molecule has 0 aliphatic rings. The molecule has 0 heterocycles. The summed E-state index contributed by atoms with van der Waals surface area (Å²) in [6.07, 6.45) is 75.3. The molecular formula is C66H129NO5. The van der Waals surface area contributed by atoms with Gasteiger partial charge in [0.15, 0.2) is 0 Å². The molecular weight excluding hydrogens is 887 g/mol. The fourth-order valence-electron chi connectivity index (χ4n) is 10.5. The third kappa shape index (κ3) is 57.9. The lowest BCUT2D eigenvalue weighted by Crippen LogP contribution is -2.45. The van der Waals surface area contributed by atoms with Crippen molar-refractivity contribution < 1.29 is 24.5 Å². The number of carbonyl (C=O) groups is 2. The van der Waals surface area contributed by atoms with Gasteiger partial charge in [0.2, 0.25) is 5.91 Å². The second kappa shape index (κ2) is 62.1. The van der Waals surface area contributed by atoms with Crippen LogP contribution in [0.15, 0.2) is 12.2 Å². The molecule has 0 spiro atoms. The molecule has 0 fully saturated rings. The van der Waals surface area contributed by atoms with E-state index >= 15 is 0 Å². The smallest absolute Gasteiger partial charge is 0.305 e. The summed E-state index contributed by atoms with van der Waals surface area (Å²) in [7, 11) is 0. The summed E-state index contributed by atoms with van der Waals surface area (Å²) >= 11 is 0. The molecule has 0 aromatic heterocycles. The lowest BCUT2D eigenvalue weighted by Gasteiger charge is -2.22. The fourth-order valence-corrected chi connectivity index (χ4v) is 10.5. The van der Waals surface area contributed by atoms with E-state index < -0.39 is 12.1 Å². The van der Waals surface area contributed by atoms with Crippen molar-refractivity contribution in [1.29, 1.82) is 0 Å². The molecule has 1 amide bonds. The zero-order chi connectivity index (χ0) is 52.2. The second-order valence-corrected chi connectivity index (χ2v) is 22.8. The summed E-state index contributed by atoms with van der Waals surface area (Å²) in [5, 5.41) is 23.3. The third-order valence-corrected chi connectivity index (χ3v) is 15.6. The lowest BCUT2D eigenvalue weighted by molar-refractivity contribution is -0.143. The Morgan fingerprint density at radius 1 is 0.375 bits per heavy atom. The Morgan fingerprint density at radius 2 is 0.653 bits per heavy atom. The number of hydrogen-bond donors (Lipinski definition) is 3. The van der Waals surface area contributed by atoms with E-state index in [1.807, 2.05) is 0 Å². The number of carbonyl (C=O) groups excluding carboxylic acids is 2. The van der Waals surface area contributed by atoms with Crippen molar-refractivity contribution in [1.82, 2.24) is 5.32 Å². The molecule has 6 heteroatoms. The number of aliphatic hydroxyl groups excluding tert-OH is 2. The number of hydrogen-bond acceptors (Lipinski definition) is 5. The van der Waals surface area contributed by atoms with Crippen LogP contribution in [-0.4, -0.2) is 47.4 Å². The summed E-state index contributed by atoms with van der Waals surface area (Å²) in [5.41, 5.74) is 0. The fraction of sp³-hybridized carbons (Fsp3) is 0.939. The highest BCUT2D eigenvalue weighted by Gasteiger charge is 2.20. The standard InChI is InChI=1S/C66H129NO5/c1-3-5-7-9-11-13-15-17-36-40-44-48-52-56-60-66(71)72-61-57-53-49-45-41-37-33-31-29-27-25-23-21-19-18-20-22-24-26-28-30-32-35-39-43-47-51-55-59-65(70)67-63(62-68)64(69)58-54-50-46-42-38-34-16-14-12-10-8-6-4-2/h15,17,63-64,68-69H,3-14,16,18-62H2,1-2H3,(H,67,70)/b17-15-. The minimum absolute atomic E-state index is 0.0109. The van der Waals surface area contributed by atoms with Crippen molar-refractivity contribution in [2.75, 3.05) is 13.2 Å². The minimum Gasteiger partial charge on any atom is -0.466 e. The monoisotopic (exact) mass is 1020 g/mol. The van der Waals surface area contributed by atoms with Crippen LogP contribution in [0.3, 0.4) is 0 Å². The van der Waals surface area contributed by atoms with E-state index in [2.05, 4.69) is 31.3 Å². The summed E-state index contributed by atoms with van der Waals surface area (Å²) in [6, 6.07) is -0.537. The van der Waals surface area contributed by atoms with Crippen LogP contribution in [0.4, 0.5) is 0 Å². The molecule has 0 saturated carbocycles. The van der Waals surface area contributed by atoms with E-state index in [9.17, 15) is 19.8 Å². The number of amides is 1. The van der Waals surface area contributed by atoms with Crippen LogP contribution in [0, 0.1) is 0 Å². The number of unbranched alkanes of at least 4 members (excludes halogenated alkanes) is 49. The van der Waals surface area contributed by atoms with E-state index in [4.69, 9.17) is 4.74 Å². The zero-order valence-electron chi connectivity index (χ0n) is 48.9. The molecule has 0 saturated heterocycles. The van der Waals surface area contributed by atoms with E-state index in [1.165, 1.54) is 295 Å². The van der Waals surface area contributed by atoms with Crippen LogP contribution in [0.25, 0.3) is 0 Å². The first-order valence-electron chi connectivity index (χ1n) is 32.9. The van der Waals surface area contributed by atoms with Gasteiger partial charge in [-0.05, 0) is 51.4 Å². The van der Waals surface area contributed by atoms with E-state index in [0.29, 0.717) is 25.9 Å². The molecule has 0 aliphatic carbocycles. The SMILES string of the molecule is CCCCCCC/C=C\CCCCCCCC(=O)OCCCCCCCCCCCCCCCCCCCCCCCCCCCCCCC(=O)NC(CO)C(O)CCCCCCCCCCCCCCC. The van der Waals surface area contributed by atoms with Gasteiger partial charge >= 0.3 is 5.97 Å². The van der Waals surface area contributed by atoms with Gasteiger partial charge in [0.1, 0.15) is 0 Å². The number of allylic oxidation sites excluding steroid dienone is 2. The third-order valence-electron chi connectivity index (χ3n) is 15.6. The largest absolute Gasteiger partial charge is 0.466 e. The zero-order valence-corrected chi connectivity index (χ0v) is 48.9. The van der Waals surface area contributed by atoms with Crippen molar-refractivity contribution >= 4 is 11.9 Å². The molecule has 2 atom stereocenters. The van der Waals surface area contributed by atoms with Crippen molar-refractivity contribution in [3.63, 3.8) is 0 Å². The molecule has 0 aliphatic heterocycles. The summed E-state index contributed by atoms with van der Waals surface area (Å²) in [5.74, 6) is -0.0189. The Labute approximate surface area is 450 Å². The maximum absolute atomic E-state index is 12.5. The molecule has 2 unspecified atom stereocenters. The number of esters is 1. The average molecular weight is 1020 g/mol. The van der Waals surface area contributed by atoms with Gasteiger partial charge < -0.3 is 20.3 Å². The molecule has 0 aromatic rings. The first-order valence-corrected chi connectivity index (χ1v) is 32.9. The van der Waals surface area contributed by atoms with Gasteiger partial charge in [-0.15, -0.1) is 0 Å². The summed E-state index contributed by atoms with van der Waals surface area (Å²) < 4.78 is 5.48. The molecule has 0 bridgehead atoms. The molecule has 6 nitrogen and oxygen atoms in total. The predicted molar refractivity (Wildman–Crippen MR) is 315 cm³/mol. The van der Waals surface area contributed by atoms with Crippen LogP contribution in [0.5, 0.6) is 0 Å². The van der Waals surface area contributed by atoms with Gasteiger partial charge in [0.25, 0.3) is 0 Å². The number of rotatable bonds is 62. The first kappa shape index (κ1) is 70.6. The molecule has 0 aromatic carbocycles. The molecule has 72 heavy (non-hydrogen) atoms. The van der Waals surface area contributed by atoms with Gasteiger partial charge in [0.05, 0.1) is 25.4 Å².